The van der Waals surface area contributed by atoms with Crippen LogP contribution in [0.3, 0.4) is 0 Å². The summed E-state index contributed by atoms with van der Waals surface area (Å²) in [5.74, 6) is 2.57. The van der Waals surface area contributed by atoms with Crippen LogP contribution in [-0.2, 0) is 24.8 Å². The van der Waals surface area contributed by atoms with Crippen LogP contribution in [0.25, 0.3) is 0 Å². The van der Waals surface area contributed by atoms with E-state index in [1.165, 1.54) is 16.3 Å². The Labute approximate surface area is 115 Å². The van der Waals surface area contributed by atoms with E-state index in [0.717, 1.165) is 12.1 Å². The smallest absolute Gasteiger partial charge is 0.253 e. The van der Waals surface area contributed by atoms with Gasteiger partial charge in [0.2, 0.25) is 10.0 Å². The second kappa shape index (κ2) is 5.84. The lowest BCUT2D eigenvalue weighted by atomic mass is 10.4. The minimum Gasteiger partial charge on any atom is -0.293 e. The fourth-order valence-corrected chi connectivity index (χ4v) is 4.08. The molecule has 0 fully saturated rings. The van der Waals surface area contributed by atoms with Crippen molar-refractivity contribution >= 4 is 37.6 Å². The molecule has 11 heteroatoms. The van der Waals surface area contributed by atoms with Crippen LogP contribution in [0.2, 0.25) is 5.02 Å². The molecule has 1 aromatic rings. The number of nitrogens with one attached hydrogen (secondary N) is 2. The molecule has 0 bridgehead atoms. The Morgan fingerprint density at radius 2 is 1.68 bits per heavy atom. The summed E-state index contributed by atoms with van der Waals surface area (Å²) in [5.41, 5.74) is 1.58. The lowest BCUT2D eigenvalue weighted by Crippen LogP contribution is -2.41. The normalized spacial score (nSPS) is 12.1. The summed E-state index contributed by atoms with van der Waals surface area (Å²) in [6.07, 6.45) is 0. The number of nitrogens with two attached hydrogens (primary N) is 1. The Morgan fingerprint density at radius 3 is 2.16 bits per heavy atom. The van der Waals surface area contributed by atoms with Gasteiger partial charge in [0, 0.05) is 5.02 Å². The average Bonchev–Trinajstić information content (AvgIpc) is 2.27. The molecular formula is C8H10ClN3O5S2. The monoisotopic (exact) mass is 327 g/mol. The lowest BCUT2D eigenvalue weighted by molar-refractivity contribution is -0.118. The maximum absolute atomic E-state index is 11.7. The summed E-state index contributed by atoms with van der Waals surface area (Å²) in [4.78, 5) is 10.5. The second-order valence-electron chi connectivity index (χ2n) is 3.37. The van der Waals surface area contributed by atoms with Crippen molar-refractivity contribution in [3.63, 3.8) is 0 Å². The predicted octanol–water partition coefficient (Wildman–Crippen LogP) is -1.06. The fourth-order valence-electron chi connectivity index (χ4n) is 1.07. The molecule has 0 aliphatic heterocycles. The van der Waals surface area contributed by atoms with Gasteiger partial charge in [-0.25, -0.2) is 22.7 Å². The Bertz CT molecular complexity index is 669. The predicted molar refractivity (Wildman–Crippen MR) is 67.9 cm³/mol. The number of carbonyl (C=O) groups is 1. The average molecular weight is 328 g/mol. The molecule has 1 rings (SSSR count). The third-order valence-electron chi connectivity index (χ3n) is 1.84. The molecule has 0 aromatic heterocycles. The number of benzene rings is 1. The molecule has 0 heterocycles. The number of hydrogen-bond acceptors (Lipinski definition) is 6. The van der Waals surface area contributed by atoms with Gasteiger partial charge in [-0.1, -0.05) is 11.6 Å². The zero-order valence-electron chi connectivity index (χ0n) is 9.33. The first-order valence-corrected chi connectivity index (χ1v) is 8.19. The molecule has 8 nitrogen and oxygen atoms in total. The van der Waals surface area contributed by atoms with Crippen molar-refractivity contribution in [1.82, 2.24) is 9.55 Å². The van der Waals surface area contributed by atoms with E-state index in [1.54, 1.807) is 5.43 Å². The van der Waals surface area contributed by atoms with Crippen LogP contribution in [0.1, 0.15) is 0 Å². The lowest BCUT2D eigenvalue weighted by Gasteiger charge is -2.07. The van der Waals surface area contributed by atoms with Crippen LogP contribution >= 0.6 is 11.6 Å². The van der Waals surface area contributed by atoms with E-state index < -0.39 is 31.7 Å². The minimum absolute atomic E-state index is 0.296. The maximum Gasteiger partial charge on any atom is 0.253 e. The minimum atomic E-state index is -4.37. The van der Waals surface area contributed by atoms with E-state index in [-0.39, 0.29) is 4.90 Å². The molecule has 0 aliphatic rings. The molecule has 1 aromatic carbocycles. The van der Waals surface area contributed by atoms with Crippen LogP contribution in [0.4, 0.5) is 0 Å². The van der Waals surface area contributed by atoms with Crippen LogP contribution in [-0.4, -0.2) is 28.5 Å². The summed E-state index contributed by atoms with van der Waals surface area (Å²) in [6, 6.07) is 4.83. The molecule has 0 aliphatic carbocycles. The van der Waals surface area contributed by atoms with Gasteiger partial charge in [0.1, 0.15) is 5.75 Å². The molecule has 0 atom stereocenters. The van der Waals surface area contributed by atoms with E-state index in [2.05, 4.69) is 0 Å². The van der Waals surface area contributed by atoms with Gasteiger partial charge in [-0.15, -0.1) is 4.13 Å². The molecule has 0 spiro atoms. The quantitative estimate of drug-likeness (QED) is 0.358. The molecule has 0 unspecified atom stereocenters. The first-order valence-electron chi connectivity index (χ1n) is 4.67. The van der Waals surface area contributed by atoms with Crippen molar-refractivity contribution < 1.29 is 21.6 Å². The Kier molecular flexibility index (Phi) is 4.87. The number of amides is 1. The van der Waals surface area contributed by atoms with Crippen LogP contribution in [0.15, 0.2) is 29.2 Å². The first kappa shape index (κ1) is 15.9. The standard InChI is InChI=1S/C8H10ClN3O5S2/c9-6-1-3-7(4-2-6)19(16,17)12-18(14,15)5-8(13)11-10/h1-4,12H,5,10H2,(H,11,13). The molecule has 106 valence electrons. The van der Waals surface area contributed by atoms with Crippen molar-refractivity contribution in [2.75, 3.05) is 5.75 Å². The van der Waals surface area contributed by atoms with Crippen molar-refractivity contribution in [2.45, 2.75) is 4.90 Å². The van der Waals surface area contributed by atoms with Gasteiger partial charge < -0.3 is 0 Å². The largest absolute Gasteiger partial charge is 0.293 e. The van der Waals surface area contributed by atoms with E-state index in [1.807, 2.05) is 0 Å². The van der Waals surface area contributed by atoms with Crippen molar-refractivity contribution in [2.24, 2.45) is 5.84 Å². The van der Waals surface area contributed by atoms with Gasteiger partial charge in [-0.05, 0) is 24.3 Å². The highest BCUT2D eigenvalue weighted by Gasteiger charge is 2.24. The van der Waals surface area contributed by atoms with E-state index >= 15 is 0 Å². The van der Waals surface area contributed by atoms with Gasteiger partial charge in [0.15, 0.2) is 0 Å². The van der Waals surface area contributed by atoms with Gasteiger partial charge >= 0.3 is 0 Å². The molecular weight excluding hydrogens is 318 g/mol. The van der Waals surface area contributed by atoms with E-state index in [9.17, 15) is 21.6 Å². The molecule has 0 saturated carbocycles. The fraction of sp³-hybridized carbons (Fsp3) is 0.125. The second-order valence-corrected chi connectivity index (χ2v) is 7.47. The topological polar surface area (TPSA) is 135 Å². The van der Waals surface area contributed by atoms with Crippen LogP contribution in [0, 0.1) is 0 Å². The molecule has 0 saturated heterocycles. The van der Waals surface area contributed by atoms with Gasteiger partial charge in [-0.3, -0.25) is 10.2 Å². The zero-order chi connectivity index (χ0) is 14.7. The number of sulfonamides is 2. The summed E-state index contributed by atoms with van der Waals surface area (Å²) in [5, 5.41) is 0.296. The Hall–Kier alpha value is -1.20. The number of hydrogen-bond donors (Lipinski definition) is 3. The Balaban J connectivity index is 2.97. The number of hydrazine groups is 1. The molecule has 0 radical (unpaired) electrons. The highest BCUT2D eigenvalue weighted by molar-refractivity contribution is 8.05. The number of halogens is 1. The third-order valence-corrected chi connectivity index (χ3v) is 5.52. The first-order chi connectivity index (χ1) is 8.66. The molecule has 19 heavy (non-hydrogen) atoms. The van der Waals surface area contributed by atoms with Gasteiger partial charge in [0.25, 0.3) is 15.9 Å². The zero-order valence-corrected chi connectivity index (χ0v) is 11.7. The SMILES string of the molecule is NNC(=O)CS(=O)(=O)NS(=O)(=O)c1ccc(Cl)cc1. The van der Waals surface area contributed by atoms with Gasteiger partial charge in [-0.2, -0.15) is 0 Å². The van der Waals surface area contributed by atoms with Crippen LogP contribution in [0.5, 0.6) is 0 Å². The third kappa shape index (κ3) is 4.76. The van der Waals surface area contributed by atoms with Crippen molar-refractivity contribution in [3.05, 3.63) is 29.3 Å². The van der Waals surface area contributed by atoms with E-state index in [0.29, 0.717) is 5.02 Å². The van der Waals surface area contributed by atoms with Gasteiger partial charge in [0.05, 0.1) is 4.90 Å². The maximum atomic E-state index is 11.7. The molecule has 4 N–H and O–H groups in total. The Morgan fingerprint density at radius 1 is 1.16 bits per heavy atom. The summed E-state index contributed by atoms with van der Waals surface area (Å²) >= 11 is 5.58. The van der Waals surface area contributed by atoms with E-state index in [4.69, 9.17) is 17.4 Å². The van der Waals surface area contributed by atoms with Crippen LogP contribution < -0.4 is 15.4 Å². The highest BCUT2D eigenvalue weighted by atomic mass is 35.5. The number of carbonyl (C=O) groups excluding carboxylic acids is 1. The van der Waals surface area contributed by atoms with Crippen molar-refractivity contribution in [1.29, 1.82) is 0 Å². The highest BCUT2D eigenvalue weighted by Crippen LogP contribution is 2.14. The number of rotatable bonds is 5. The van der Waals surface area contributed by atoms with Crippen molar-refractivity contribution in [3.8, 4) is 0 Å². The summed E-state index contributed by atoms with van der Waals surface area (Å²) < 4.78 is 47.7. The molecule has 1 amide bonds. The summed E-state index contributed by atoms with van der Waals surface area (Å²) in [6.45, 7) is 0. The summed E-state index contributed by atoms with van der Waals surface area (Å²) in [7, 11) is -8.68.